The summed E-state index contributed by atoms with van der Waals surface area (Å²) in [7, 11) is 0. The van der Waals surface area contributed by atoms with Crippen LogP contribution in [0.4, 0.5) is 0 Å². The molecule has 0 radical (unpaired) electrons. The van der Waals surface area contributed by atoms with Gasteiger partial charge in [0.25, 0.3) is 5.91 Å². The van der Waals surface area contributed by atoms with Crippen LogP contribution in [-0.2, 0) is 28.6 Å². The molecule has 1 unspecified atom stereocenters. The number of rotatable bonds is 10. The minimum Gasteiger partial charge on any atom is -0.480 e. The summed E-state index contributed by atoms with van der Waals surface area (Å²) in [4.78, 5) is 49.8. The van der Waals surface area contributed by atoms with E-state index in [0.29, 0.717) is 5.56 Å². The first-order valence-electron chi connectivity index (χ1n) is 11.0. The second-order valence-electron chi connectivity index (χ2n) is 9.11. The van der Waals surface area contributed by atoms with E-state index in [9.17, 15) is 19.2 Å². The Hall–Kier alpha value is -3.51. The number of nitrogen functional groups attached to an aromatic ring is 1. The molecule has 1 aromatic rings. The number of benzene rings is 1. The van der Waals surface area contributed by atoms with Crippen LogP contribution in [0.5, 0.6) is 0 Å². The van der Waals surface area contributed by atoms with Gasteiger partial charge in [-0.3, -0.25) is 15.0 Å². The van der Waals surface area contributed by atoms with Crippen molar-refractivity contribution in [3.05, 3.63) is 35.4 Å². The van der Waals surface area contributed by atoms with Crippen LogP contribution in [0.25, 0.3) is 0 Å². The zero-order valence-electron chi connectivity index (χ0n) is 20.2. The molecule has 3 atom stereocenters. The standard InChI is InChI=1S/C23H32N4O8/c1-13(26-21(31)15-7-5-14(6-8-15)20(24)25)22(32)27-9-16(33-11-18(28)29)17(10-27)34-12-19(30)35-23(2,3)4/h5-8,13,16-17H,9-12H2,1-4H3,(H3,24,25)(H,26,31)(H,28,29)/t13?,16-,17+/m0/s1. The zero-order valence-corrected chi connectivity index (χ0v) is 20.2. The van der Waals surface area contributed by atoms with Gasteiger partial charge in [0.15, 0.2) is 0 Å². The third-order valence-electron chi connectivity index (χ3n) is 4.96. The van der Waals surface area contributed by atoms with Crippen molar-refractivity contribution in [3.8, 4) is 0 Å². The lowest BCUT2D eigenvalue weighted by atomic mass is 10.1. The number of esters is 1. The van der Waals surface area contributed by atoms with E-state index in [2.05, 4.69) is 5.32 Å². The first kappa shape index (κ1) is 27.7. The lowest BCUT2D eigenvalue weighted by Gasteiger charge is -2.22. The summed E-state index contributed by atoms with van der Waals surface area (Å²) in [5.74, 6) is -2.83. The zero-order chi connectivity index (χ0) is 26.3. The predicted octanol–water partition coefficient (Wildman–Crippen LogP) is 0.128. The number of likely N-dealkylation sites (tertiary alicyclic amines) is 1. The SMILES string of the molecule is CC(NC(=O)c1ccc(C(=N)N)cc1)C(=O)N1C[C@H](OCC(=O)O)[C@H](OCC(=O)OC(C)(C)C)C1. The summed E-state index contributed by atoms with van der Waals surface area (Å²) in [5, 5.41) is 19.0. The predicted molar refractivity (Wildman–Crippen MR) is 124 cm³/mol. The summed E-state index contributed by atoms with van der Waals surface area (Å²) in [6, 6.07) is 5.15. The van der Waals surface area contributed by atoms with Crippen LogP contribution in [0, 0.1) is 5.41 Å². The third-order valence-corrected chi connectivity index (χ3v) is 4.96. The lowest BCUT2D eigenvalue weighted by Crippen LogP contribution is -2.46. The minimum absolute atomic E-state index is 0.0264. The molecule has 1 heterocycles. The quantitative estimate of drug-likeness (QED) is 0.200. The second-order valence-corrected chi connectivity index (χ2v) is 9.11. The van der Waals surface area contributed by atoms with Gasteiger partial charge in [-0.25, -0.2) is 9.59 Å². The molecule has 0 saturated carbocycles. The molecule has 1 aliphatic rings. The van der Waals surface area contributed by atoms with E-state index >= 15 is 0 Å². The number of carbonyl (C=O) groups excluding carboxylic acids is 3. The highest BCUT2D eigenvalue weighted by Gasteiger charge is 2.39. The molecule has 192 valence electrons. The third kappa shape index (κ3) is 8.65. The maximum atomic E-state index is 13.0. The fourth-order valence-corrected chi connectivity index (χ4v) is 3.39. The van der Waals surface area contributed by atoms with Crippen LogP contribution in [-0.4, -0.2) is 89.7 Å². The summed E-state index contributed by atoms with van der Waals surface area (Å²) < 4.78 is 16.2. The fraction of sp³-hybridized carbons (Fsp3) is 0.522. The summed E-state index contributed by atoms with van der Waals surface area (Å²) in [6.07, 6.45) is -1.53. The van der Waals surface area contributed by atoms with Crippen LogP contribution in [0.2, 0.25) is 0 Å². The number of hydrogen-bond acceptors (Lipinski definition) is 8. The van der Waals surface area contributed by atoms with Crippen LogP contribution >= 0.6 is 0 Å². The maximum absolute atomic E-state index is 13.0. The highest BCUT2D eigenvalue weighted by atomic mass is 16.6. The van der Waals surface area contributed by atoms with E-state index in [-0.39, 0.29) is 31.1 Å². The molecule has 1 fully saturated rings. The fourth-order valence-electron chi connectivity index (χ4n) is 3.39. The molecule has 0 bridgehead atoms. The Kier molecular flexibility index (Phi) is 9.32. The number of nitrogens with one attached hydrogen (secondary N) is 2. The monoisotopic (exact) mass is 492 g/mol. The number of carbonyl (C=O) groups is 4. The maximum Gasteiger partial charge on any atom is 0.332 e. The Morgan fingerprint density at radius 3 is 2.09 bits per heavy atom. The van der Waals surface area contributed by atoms with E-state index in [1.54, 1.807) is 20.8 Å². The number of amidine groups is 1. The Morgan fingerprint density at radius 2 is 1.60 bits per heavy atom. The lowest BCUT2D eigenvalue weighted by molar-refractivity contribution is -0.165. The molecular formula is C23H32N4O8. The Morgan fingerprint density at radius 1 is 1.09 bits per heavy atom. The van der Waals surface area contributed by atoms with Crippen molar-refractivity contribution in [1.82, 2.24) is 10.2 Å². The van der Waals surface area contributed by atoms with Crippen molar-refractivity contribution in [3.63, 3.8) is 0 Å². The normalized spacial score (nSPS) is 18.6. The van der Waals surface area contributed by atoms with Gasteiger partial charge < -0.3 is 35.3 Å². The molecule has 2 amide bonds. The van der Waals surface area contributed by atoms with Crippen LogP contribution in [0.1, 0.15) is 43.6 Å². The smallest absolute Gasteiger partial charge is 0.332 e. The van der Waals surface area contributed by atoms with Crippen molar-refractivity contribution in [2.24, 2.45) is 5.73 Å². The number of carboxylic acids is 1. The highest BCUT2D eigenvalue weighted by Crippen LogP contribution is 2.19. The molecule has 1 saturated heterocycles. The van der Waals surface area contributed by atoms with Crippen molar-refractivity contribution < 1.29 is 38.5 Å². The van der Waals surface area contributed by atoms with E-state index in [4.69, 9.17) is 30.5 Å². The number of carboxylic acid groups (broad SMARTS) is 1. The van der Waals surface area contributed by atoms with Crippen molar-refractivity contribution in [1.29, 1.82) is 5.41 Å². The summed E-state index contributed by atoms with van der Waals surface area (Å²) in [5.41, 5.74) is 5.47. The van der Waals surface area contributed by atoms with Gasteiger partial charge >= 0.3 is 11.9 Å². The number of hydrogen-bond donors (Lipinski definition) is 4. The number of nitrogens with two attached hydrogens (primary N) is 1. The molecule has 0 aromatic heterocycles. The van der Waals surface area contributed by atoms with E-state index in [1.807, 2.05) is 0 Å². The van der Waals surface area contributed by atoms with Gasteiger partial charge in [0.1, 0.15) is 42.9 Å². The topological polar surface area (TPSA) is 181 Å². The van der Waals surface area contributed by atoms with Gasteiger partial charge in [0.05, 0.1) is 0 Å². The van der Waals surface area contributed by atoms with Gasteiger partial charge in [-0.15, -0.1) is 0 Å². The largest absolute Gasteiger partial charge is 0.480 e. The van der Waals surface area contributed by atoms with Crippen molar-refractivity contribution in [2.45, 2.75) is 51.5 Å². The molecule has 12 heteroatoms. The Labute approximate surface area is 203 Å². The molecule has 12 nitrogen and oxygen atoms in total. The first-order valence-corrected chi connectivity index (χ1v) is 11.0. The summed E-state index contributed by atoms with van der Waals surface area (Å²) >= 11 is 0. The van der Waals surface area contributed by atoms with Crippen LogP contribution < -0.4 is 11.1 Å². The molecule has 1 aromatic carbocycles. The molecule has 2 rings (SSSR count). The molecule has 0 aliphatic carbocycles. The molecule has 35 heavy (non-hydrogen) atoms. The molecule has 5 N–H and O–H groups in total. The molecular weight excluding hydrogens is 460 g/mol. The Bertz CT molecular complexity index is 957. The first-order chi connectivity index (χ1) is 16.3. The number of aliphatic carboxylic acids is 1. The van der Waals surface area contributed by atoms with Gasteiger partial charge in [-0.05, 0) is 39.8 Å². The Balaban J connectivity index is 2.00. The van der Waals surface area contributed by atoms with Crippen molar-refractivity contribution >= 4 is 29.6 Å². The van der Waals surface area contributed by atoms with E-state index in [1.165, 1.54) is 36.1 Å². The van der Waals surface area contributed by atoms with E-state index < -0.39 is 54.2 Å². The number of nitrogens with zero attached hydrogens (tertiary/aromatic N) is 1. The van der Waals surface area contributed by atoms with Crippen LogP contribution in [0.15, 0.2) is 24.3 Å². The average molecular weight is 493 g/mol. The van der Waals surface area contributed by atoms with E-state index in [0.717, 1.165) is 0 Å². The number of amides is 2. The number of ether oxygens (including phenoxy) is 3. The van der Waals surface area contributed by atoms with Crippen molar-refractivity contribution in [2.75, 3.05) is 26.3 Å². The van der Waals surface area contributed by atoms with Crippen LogP contribution in [0.3, 0.4) is 0 Å². The molecule has 1 aliphatic heterocycles. The highest BCUT2D eigenvalue weighted by molar-refractivity contribution is 5.99. The summed E-state index contributed by atoms with van der Waals surface area (Å²) in [6.45, 7) is 5.75. The van der Waals surface area contributed by atoms with Gasteiger partial charge in [0.2, 0.25) is 5.91 Å². The van der Waals surface area contributed by atoms with Gasteiger partial charge in [0, 0.05) is 24.2 Å². The van der Waals surface area contributed by atoms with Gasteiger partial charge in [-0.2, -0.15) is 0 Å². The average Bonchev–Trinajstić information content (AvgIpc) is 3.17. The minimum atomic E-state index is -1.18. The molecule has 0 spiro atoms. The van der Waals surface area contributed by atoms with Gasteiger partial charge in [-0.1, -0.05) is 12.1 Å². The second kappa shape index (κ2) is 11.8.